The summed E-state index contributed by atoms with van der Waals surface area (Å²) in [5.41, 5.74) is 1.41. The second-order valence-electron chi connectivity index (χ2n) is 5.86. The summed E-state index contributed by atoms with van der Waals surface area (Å²) < 4.78 is 12.5. The van der Waals surface area contributed by atoms with Crippen molar-refractivity contribution >= 4 is 5.97 Å². The third kappa shape index (κ3) is 4.28. The van der Waals surface area contributed by atoms with E-state index >= 15 is 0 Å². The molecule has 6 nitrogen and oxygen atoms in total. The lowest BCUT2D eigenvalue weighted by atomic mass is 10.1. The van der Waals surface area contributed by atoms with Crippen LogP contribution in [0.5, 0.6) is 0 Å². The van der Waals surface area contributed by atoms with E-state index in [1.807, 2.05) is 20.0 Å². The minimum atomic E-state index is -0.349. The molecule has 1 atom stereocenters. The summed E-state index contributed by atoms with van der Waals surface area (Å²) in [5, 5.41) is 4.24. The fraction of sp³-hybridized carbons (Fsp3) is 0.733. The van der Waals surface area contributed by atoms with Crippen molar-refractivity contribution in [2.45, 2.75) is 32.8 Å². The Morgan fingerprint density at radius 1 is 1.38 bits per heavy atom. The number of carbonyl (C=O) groups is 1. The van der Waals surface area contributed by atoms with E-state index in [9.17, 15) is 4.79 Å². The van der Waals surface area contributed by atoms with Crippen molar-refractivity contribution in [1.29, 1.82) is 0 Å². The van der Waals surface area contributed by atoms with Crippen LogP contribution < -0.4 is 0 Å². The molecule has 1 aliphatic rings. The topological polar surface area (TPSA) is 56.6 Å². The SMILES string of the molecule is CC(CN1CCOCC1)OC(=O)c1cc(C(C)C)n(C)n1. The Labute approximate surface area is 126 Å². The molecule has 0 aromatic carbocycles. The number of morpholine rings is 1. The van der Waals surface area contributed by atoms with Crippen LogP contribution >= 0.6 is 0 Å². The zero-order chi connectivity index (χ0) is 15.4. The highest BCUT2D eigenvalue weighted by Gasteiger charge is 2.20. The van der Waals surface area contributed by atoms with E-state index in [1.165, 1.54) is 0 Å². The minimum Gasteiger partial charge on any atom is -0.457 e. The van der Waals surface area contributed by atoms with Gasteiger partial charge < -0.3 is 9.47 Å². The average molecular weight is 295 g/mol. The number of carbonyl (C=O) groups excluding carboxylic acids is 1. The van der Waals surface area contributed by atoms with Crippen LogP contribution in [0.25, 0.3) is 0 Å². The zero-order valence-electron chi connectivity index (χ0n) is 13.3. The molecule has 0 spiro atoms. The Hall–Kier alpha value is -1.40. The Morgan fingerprint density at radius 3 is 2.62 bits per heavy atom. The number of nitrogens with zero attached hydrogens (tertiary/aromatic N) is 3. The number of hydrogen-bond acceptors (Lipinski definition) is 5. The van der Waals surface area contributed by atoms with Crippen LogP contribution in [0.15, 0.2) is 6.07 Å². The van der Waals surface area contributed by atoms with E-state index in [4.69, 9.17) is 9.47 Å². The van der Waals surface area contributed by atoms with Crippen LogP contribution in [-0.2, 0) is 16.5 Å². The molecule has 0 radical (unpaired) electrons. The first-order valence-corrected chi connectivity index (χ1v) is 7.52. The Bertz CT molecular complexity index is 479. The first-order valence-electron chi connectivity index (χ1n) is 7.52. The number of aryl methyl sites for hydroxylation is 1. The lowest BCUT2D eigenvalue weighted by Gasteiger charge is -2.28. The van der Waals surface area contributed by atoms with Crippen LogP contribution in [0, 0.1) is 0 Å². The monoisotopic (exact) mass is 295 g/mol. The zero-order valence-corrected chi connectivity index (χ0v) is 13.3. The third-order valence-electron chi connectivity index (χ3n) is 3.64. The maximum atomic E-state index is 12.1. The molecular formula is C15H25N3O3. The fourth-order valence-corrected chi connectivity index (χ4v) is 2.55. The summed E-state index contributed by atoms with van der Waals surface area (Å²) >= 11 is 0. The third-order valence-corrected chi connectivity index (χ3v) is 3.64. The van der Waals surface area contributed by atoms with Crippen molar-refractivity contribution in [1.82, 2.24) is 14.7 Å². The van der Waals surface area contributed by atoms with Gasteiger partial charge in [0.1, 0.15) is 6.10 Å². The van der Waals surface area contributed by atoms with Crippen molar-refractivity contribution in [3.63, 3.8) is 0 Å². The lowest BCUT2D eigenvalue weighted by molar-refractivity contribution is 0.0000771. The number of aromatic nitrogens is 2. The summed E-state index contributed by atoms with van der Waals surface area (Å²) in [5.74, 6) is -0.0203. The van der Waals surface area contributed by atoms with Crippen molar-refractivity contribution in [2.24, 2.45) is 7.05 Å². The van der Waals surface area contributed by atoms with Gasteiger partial charge in [-0.15, -0.1) is 0 Å². The molecular weight excluding hydrogens is 270 g/mol. The molecule has 0 bridgehead atoms. The van der Waals surface area contributed by atoms with Crippen LogP contribution in [0.3, 0.4) is 0 Å². The van der Waals surface area contributed by atoms with E-state index in [-0.39, 0.29) is 12.1 Å². The van der Waals surface area contributed by atoms with Gasteiger partial charge in [-0.25, -0.2) is 4.79 Å². The lowest BCUT2D eigenvalue weighted by Crippen LogP contribution is -2.41. The average Bonchev–Trinajstić information content (AvgIpc) is 2.82. The second kappa shape index (κ2) is 7.04. The molecule has 0 aliphatic carbocycles. The Kier molecular flexibility index (Phi) is 5.36. The van der Waals surface area contributed by atoms with Gasteiger partial charge in [-0.3, -0.25) is 9.58 Å². The minimum absolute atomic E-state index is 0.153. The largest absolute Gasteiger partial charge is 0.457 e. The molecule has 6 heteroatoms. The van der Waals surface area contributed by atoms with E-state index < -0.39 is 0 Å². The highest BCUT2D eigenvalue weighted by Crippen LogP contribution is 2.15. The predicted octanol–water partition coefficient (Wildman–Crippen LogP) is 1.42. The quantitative estimate of drug-likeness (QED) is 0.769. The highest BCUT2D eigenvalue weighted by molar-refractivity contribution is 5.87. The first kappa shape index (κ1) is 16.0. The van der Waals surface area contributed by atoms with Crippen molar-refractivity contribution in [3.8, 4) is 0 Å². The van der Waals surface area contributed by atoms with Crippen molar-refractivity contribution < 1.29 is 14.3 Å². The molecule has 2 rings (SSSR count). The van der Waals surface area contributed by atoms with Crippen LogP contribution in [0.2, 0.25) is 0 Å². The summed E-state index contributed by atoms with van der Waals surface area (Å²) in [6.07, 6.45) is -0.153. The number of hydrogen-bond donors (Lipinski definition) is 0. The molecule has 0 amide bonds. The fourth-order valence-electron chi connectivity index (χ4n) is 2.55. The number of rotatable bonds is 5. The van der Waals surface area contributed by atoms with Gasteiger partial charge >= 0.3 is 5.97 Å². The van der Waals surface area contributed by atoms with Gasteiger partial charge in [0.25, 0.3) is 0 Å². The first-order chi connectivity index (χ1) is 9.97. The summed E-state index contributed by atoms with van der Waals surface area (Å²) in [4.78, 5) is 14.4. The van der Waals surface area contributed by atoms with Gasteiger partial charge in [-0.2, -0.15) is 5.10 Å². The van der Waals surface area contributed by atoms with Gasteiger partial charge in [0.05, 0.1) is 13.2 Å². The van der Waals surface area contributed by atoms with Gasteiger partial charge in [0.2, 0.25) is 0 Å². The van der Waals surface area contributed by atoms with Crippen molar-refractivity contribution in [2.75, 3.05) is 32.8 Å². The maximum absolute atomic E-state index is 12.1. The van der Waals surface area contributed by atoms with E-state index in [0.717, 1.165) is 38.5 Å². The summed E-state index contributed by atoms with van der Waals surface area (Å²) in [7, 11) is 1.85. The van der Waals surface area contributed by atoms with E-state index in [0.29, 0.717) is 11.6 Å². The normalized spacial score (nSPS) is 18.0. The predicted molar refractivity (Wildman–Crippen MR) is 79.4 cm³/mol. The molecule has 118 valence electrons. The summed E-state index contributed by atoms with van der Waals surface area (Å²) in [6.45, 7) is 10.1. The highest BCUT2D eigenvalue weighted by atomic mass is 16.5. The second-order valence-corrected chi connectivity index (χ2v) is 5.86. The van der Waals surface area contributed by atoms with Gasteiger partial charge in [-0.1, -0.05) is 13.8 Å². The Balaban J connectivity index is 1.89. The Morgan fingerprint density at radius 2 is 2.05 bits per heavy atom. The molecule has 1 unspecified atom stereocenters. The van der Waals surface area contributed by atoms with Crippen LogP contribution in [0.4, 0.5) is 0 Å². The summed E-state index contributed by atoms with van der Waals surface area (Å²) in [6, 6.07) is 1.81. The molecule has 0 saturated carbocycles. The molecule has 1 aromatic heterocycles. The number of esters is 1. The molecule has 0 N–H and O–H groups in total. The van der Waals surface area contributed by atoms with Gasteiger partial charge in [-0.05, 0) is 18.9 Å². The van der Waals surface area contributed by atoms with Gasteiger partial charge in [0.15, 0.2) is 5.69 Å². The van der Waals surface area contributed by atoms with Crippen LogP contribution in [0.1, 0.15) is 42.9 Å². The molecule has 2 heterocycles. The molecule has 21 heavy (non-hydrogen) atoms. The number of ether oxygens (including phenoxy) is 2. The molecule has 1 aromatic rings. The molecule has 1 aliphatic heterocycles. The smallest absolute Gasteiger partial charge is 0.359 e. The molecule has 1 saturated heterocycles. The molecule has 1 fully saturated rings. The van der Waals surface area contributed by atoms with E-state index in [2.05, 4.69) is 23.8 Å². The van der Waals surface area contributed by atoms with Crippen LogP contribution in [-0.4, -0.2) is 59.6 Å². The van der Waals surface area contributed by atoms with E-state index in [1.54, 1.807) is 4.68 Å². The maximum Gasteiger partial charge on any atom is 0.359 e. The standard InChI is InChI=1S/C15H25N3O3/c1-11(2)14-9-13(16-17(14)4)15(19)21-12(3)10-18-5-7-20-8-6-18/h9,11-12H,5-8,10H2,1-4H3. The van der Waals surface area contributed by atoms with Gasteiger partial charge in [0, 0.05) is 32.4 Å². The van der Waals surface area contributed by atoms with Crippen molar-refractivity contribution in [3.05, 3.63) is 17.5 Å².